The fourth-order valence-electron chi connectivity index (χ4n) is 2.04. The molecule has 128 valence electrons. The van der Waals surface area contributed by atoms with Gasteiger partial charge >= 0.3 is 6.18 Å². The van der Waals surface area contributed by atoms with Crippen LogP contribution in [0.4, 0.5) is 22.0 Å². The minimum Gasteiger partial charge on any atom is -0.247 e. The van der Waals surface area contributed by atoms with Gasteiger partial charge in [-0.2, -0.15) is 13.2 Å². The van der Waals surface area contributed by atoms with Gasteiger partial charge in [-0.3, -0.25) is 0 Å². The lowest BCUT2D eigenvalue weighted by Crippen LogP contribution is -2.32. The molecule has 0 saturated heterocycles. The Morgan fingerprint density at radius 1 is 1.13 bits per heavy atom. The Bertz CT molecular complexity index is 715. The second-order valence-corrected chi connectivity index (χ2v) is 8.88. The van der Waals surface area contributed by atoms with Crippen LogP contribution in [0.2, 0.25) is 0 Å². The van der Waals surface area contributed by atoms with Gasteiger partial charge in [0, 0.05) is 21.1 Å². The van der Waals surface area contributed by atoms with E-state index in [0.717, 1.165) is 18.0 Å². The van der Waals surface area contributed by atoms with Crippen molar-refractivity contribution in [2.45, 2.75) is 44.7 Å². The molecule has 0 aliphatic rings. The lowest BCUT2D eigenvalue weighted by atomic mass is 10.1. The third kappa shape index (κ3) is 4.16. The molecule has 0 aliphatic carbocycles. The maximum atomic E-state index is 13.8. The zero-order valence-electron chi connectivity index (χ0n) is 12.9. The quantitative estimate of drug-likeness (QED) is 0.516. The van der Waals surface area contributed by atoms with E-state index in [1.54, 1.807) is 20.8 Å². The monoisotopic (exact) mass is 369 g/mol. The fraction of sp³-hybridized carbons (Fsp3) is 0.467. The van der Waals surface area contributed by atoms with Crippen LogP contribution in [0.25, 0.3) is 10.1 Å². The number of hydrogen-bond donors (Lipinski definition) is 1. The Hall–Kier alpha value is -0.860. The molecule has 0 amide bonds. The minimum atomic E-state index is -4.54. The van der Waals surface area contributed by atoms with E-state index in [2.05, 4.69) is 4.72 Å². The third-order valence-corrected chi connectivity index (χ3v) is 5.41. The van der Waals surface area contributed by atoms with Gasteiger partial charge in [0.2, 0.25) is 0 Å². The van der Waals surface area contributed by atoms with E-state index in [4.69, 9.17) is 0 Å². The number of rotatable bonds is 3. The molecular weight excluding hydrogens is 353 g/mol. The number of hydrogen-bond acceptors (Lipinski definition) is 3. The summed E-state index contributed by atoms with van der Waals surface area (Å²) < 4.78 is 69.5. The number of fused-ring (bicyclic) bond motifs is 1. The molecule has 0 aliphatic heterocycles. The summed E-state index contributed by atoms with van der Waals surface area (Å²) in [6.07, 6.45) is -4.54. The first-order valence-corrected chi connectivity index (χ1v) is 8.42. The average molecular weight is 369 g/mol. The topological polar surface area (TPSA) is 12.0 Å². The van der Waals surface area contributed by atoms with E-state index in [0.29, 0.717) is 17.4 Å². The summed E-state index contributed by atoms with van der Waals surface area (Å²) in [6.45, 7) is 6.80. The number of halogens is 5. The summed E-state index contributed by atoms with van der Waals surface area (Å²) in [5.41, 5.74) is 0.243. The van der Waals surface area contributed by atoms with Gasteiger partial charge in [-0.1, -0.05) is 11.9 Å². The SMILES string of the molecule is Cc1c(C(NSC(C)(C)C)C(F)(F)F)sc2c(F)cc(F)cc12. The van der Waals surface area contributed by atoms with Crippen LogP contribution in [0.5, 0.6) is 0 Å². The van der Waals surface area contributed by atoms with Gasteiger partial charge in [-0.15, -0.1) is 11.3 Å². The lowest BCUT2D eigenvalue weighted by molar-refractivity contribution is -0.151. The molecule has 0 radical (unpaired) electrons. The largest absolute Gasteiger partial charge is 0.409 e. The number of thiophene rings is 1. The average Bonchev–Trinajstić information content (AvgIpc) is 2.65. The van der Waals surface area contributed by atoms with Crippen molar-refractivity contribution in [1.29, 1.82) is 0 Å². The van der Waals surface area contributed by atoms with E-state index < -0.39 is 28.6 Å². The van der Waals surface area contributed by atoms with Crippen molar-refractivity contribution in [2.75, 3.05) is 0 Å². The number of aryl methyl sites for hydroxylation is 1. The summed E-state index contributed by atoms with van der Waals surface area (Å²) in [4.78, 5) is -0.0475. The first-order valence-electron chi connectivity index (χ1n) is 6.78. The van der Waals surface area contributed by atoms with Crippen molar-refractivity contribution in [3.8, 4) is 0 Å². The van der Waals surface area contributed by atoms with E-state index in [9.17, 15) is 22.0 Å². The molecule has 1 heterocycles. The van der Waals surface area contributed by atoms with Gasteiger partial charge < -0.3 is 0 Å². The molecule has 0 saturated carbocycles. The highest BCUT2D eigenvalue weighted by atomic mass is 32.2. The predicted octanol–water partition coefficient (Wildman–Crippen LogP) is 6.13. The Kier molecular flexibility index (Phi) is 4.99. The molecule has 1 aromatic heterocycles. The van der Waals surface area contributed by atoms with Crippen molar-refractivity contribution in [1.82, 2.24) is 4.72 Å². The van der Waals surface area contributed by atoms with Crippen LogP contribution in [-0.4, -0.2) is 10.9 Å². The highest BCUT2D eigenvalue weighted by Crippen LogP contribution is 2.44. The molecule has 1 unspecified atom stereocenters. The van der Waals surface area contributed by atoms with E-state index in [1.165, 1.54) is 6.92 Å². The zero-order valence-corrected chi connectivity index (χ0v) is 14.6. The van der Waals surface area contributed by atoms with Gasteiger partial charge in [-0.05, 0) is 39.3 Å². The number of benzene rings is 1. The molecule has 0 bridgehead atoms. The second kappa shape index (κ2) is 6.22. The van der Waals surface area contributed by atoms with Crippen LogP contribution in [0.15, 0.2) is 12.1 Å². The summed E-state index contributed by atoms with van der Waals surface area (Å²) in [6, 6.07) is -0.188. The van der Waals surface area contributed by atoms with E-state index in [-0.39, 0.29) is 20.5 Å². The fourth-order valence-corrected chi connectivity index (χ4v) is 4.11. The van der Waals surface area contributed by atoms with Gasteiger partial charge in [0.05, 0.1) is 4.70 Å². The Morgan fingerprint density at radius 3 is 2.26 bits per heavy atom. The molecule has 2 aromatic rings. The minimum absolute atomic E-state index is 0.0377. The van der Waals surface area contributed by atoms with E-state index in [1.807, 2.05) is 0 Å². The Balaban J connectivity index is 2.53. The highest BCUT2D eigenvalue weighted by Gasteiger charge is 2.43. The molecular formula is C15H16F5NS2. The van der Waals surface area contributed by atoms with Crippen molar-refractivity contribution >= 4 is 33.4 Å². The van der Waals surface area contributed by atoms with Crippen LogP contribution in [0, 0.1) is 18.6 Å². The van der Waals surface area contributed by atoms with Crippen molar-refractivity contribution in [3.63, 3.8) is 0 Å². The van der Waals surface area contributed by atoms with Gasteiger partial charge in [0.15, 0.2) is 0 Å². The maximum Gasteiger partial charge on any atom is 0.409 e. The summed E-state index contributed by atoms with van der Waals surface area (Å²) in [7, 11) is 0. The third-order valence-electron chi connectivity index (χ3n) is 3.07. The maximum absolute atomic E-state index is 13.8. The molecule has 0 spiro atoms. The number of nitrogens with one attached hydrogen (secondary N) is 1. The van der Waals surface area contributed by atoms with Crippen molar-refractivity contribution < 1.29 is 22.0 Å². The van der Waals surface area contributed by atoms with Crippen LogP contribution in [0.3, 0.4) is 0 Å². The molecule has 1 N–H and O–H groups in total. The van der Waals surface area contributed by atoms with Crippen molar-refractivity contribution in [3.05, 3.63) is 34.2 Å². The Labute approximate surface area is 139 Å². The molecule has 1 atom stereocenters. The normalized spacial score (nSPS) is 14.5. The van der Waals surface area contributed by atoms with Crippen molar-refractivity contribution in [2.24, 2.45) is 0 Å². The van der Waals surface area contributed by atoms with Gasteiger partial charge in [-0.25, -0.2) is 13.5 Å². The van der Waals surface area contributed by atoms with Crippen LogP contribution < -0.4 is 4.72 Å². The molecule has 1 aromatic carbocycles. The molecule has 2 rings (SSSR count). The smallest absolute Gasteiger partial charge is 0.247 e. The standard InChI is InChI=1S/C15H16F5NS2/c1-7-9-5-8(16)6-10(17)12(9)22-11(7)13(15(18,19)20)21-23-14(2,3)4/h5-6,13,21H,1-4H3. The summed E-state index contributed by atoms with van der Waals surface area (Å²) in [5.74, 6) is -1.65. The number of alkyl halides is 3. The summed E-state index contributed by atoms with van der Waals surface area (Å²) in [5, 5.41) is 0.180. The van der Waals surface area contributed by atoms with Crippen LogP contribution >= 0.6 is 23.3 Å². The lowest BCUT2D eigenvalue weighted by Gasteiger charge is -2.25. The summed E-state index contributed by atoms with van der Waals surface area (Å²) >= 11 is 1.67. The zero-order chi connectivity index (χ0) is 17.6. The highest BCUT2D eigenvalue weighted by molar-refractivity contribution is 7.98. The molecule has 23 heavy (non-hydrogen) atoms. The molecule has 0 fully saturated rings. The Morgan fingerprint density at radius 2 is 1.74 bits per heavy atom. The molecule has 8 heteroatoms. The van der Waals surface area contributed by atoms with Crippen LogP contribution in [0.1, 0.15) is 37.3 Å². The van der Waals surface area contributed by atoms with Gasteiger partial charge in [0.1, 0.15) is 17.7 Å². The predicted molar refractivity (Wildman–Crippen MR) is 85.8 cm³/mol. The van der Waals surface area contributed by atoms with E-state index >= 15 is 0 Å². The van der Waals surface area contributed by atoms with Gasteiger partial charge in [0.25, 0.3) is 0 Å². The first kappa shape index (κ1) is 18.5. The van der Waals surface area contributed by atoms with Crippen LogP contribution in [-0.2, 0) is 0 Å². The second-order valence-electron chi connectivity index (χ2n) is 6.16. The first-order chi connectivity index (χ1) is 10.4. The molecule has 1 nitrogen and oxygen atoms in total.